The van der Waals surface area contributed by atoms with Crippen LogP contribution in [0.15, 0.2) is 35.1 Å². The summed E-state index contributed by atoms with van der Waals surface area (Å²) < 4.78 is 6.12. The van der Waals surface area contributed by atoms with Gasteiger partial charge in [0.1, 0.15) is 5.75 Å². The van der Waals surface area contributed by atoms with E-state index in [0.29, 0.717) is 5.95 Å². The zero-order valence-corrected chi connectivity index (χ0v) is 11.2. The molecule has 1 heterocycles. The van der Waals surface area contributed by atoms with E-state index in [1.165, 1.54) is 0 Å². The third-order valence-electron chi connectivity index (χ3n) is 2.22. The molecule has 1 N–H and O–H groups in total. The van der Waals surface area contributed by atoms with Crippen molar-refractivity contribution in [1.82, 2.24) is 9.97 Å². The highest BCUT2D eigenvalue weighted by molar-refractivity contribution is 9.10. The van der Waals surface area contributed by atoms with Gasteiger partial charge in [-0.2, -0.15) is 0 Å². The number of nitrogens with zero attached hydrogens (tertiary/aromatic N) is 2. The molecule has 4 nitrogen and oxygen atoms in total. The van der Waals surface area contributed by atoms with E-state index in [0.717, 1.165) is 21.5 Å². The topological polar surface area (TPSA) is 47.0 Å². The van der Waals surface area contributed by atoms with Crippen LogP contribution in [0.2, 0.25) is 0 Å². The first-order valence-electron chi connectivity index (χ1n) is 5.08. The van der Waals surface area contributed by atoms with Crippen LogP contribution in [0.25, 0.3) is 0 Å². The van der Waals surface area contributed by atoms with Gasteiger partial charge >= 0.3 is 0 Å². The highest BCUT2D eigenvalue weighted by Crippen LogP contribution is 2.27. The van der Waals surface area contributed by atoms with Gasteiger partial charge in [-0.3, -0.25) is 0 Å². The zero-order valence-electron chi connectivity index (χ0n) is 9.57. The van der Waals surface area contributed by atoms with Crippen LogP contribution >= 0.6 is 15.9 Å². The molecule has 1 aromatic carbocycles. The number of aryl methyl sites for hydroxylation is 1. The predicted molar refractivity (Wildman–Crippen MR) is 70.7 cm³/mol. The Morgan fingerprint density at radius 3 is 2.59 bits per heavy atom. The summed E-state index contributed by atoms with van der Waals surface area (Å²) in [6.07, 6.45) is 3.38. The van der Waals surface area contributed by atoms with Crippen molar-refractivity contribution in [1.29, 1.82) is 0 Å². The molecule has 0 atom stereocenters. The number of rotatable bonds is 3. The van der Waals surface area contributed by atoms with Gasteiger partial charge in [0.05, 0.1) is 17.3 Å². The lowest BCUT2D eigenvalue weighted by Crippen LogP contribution is -1.99. The number of anilines is 2. The number of ether oxygens (including phenoxy) is 1. The highest BCUT2D eigenvalue weighted by atomic mass is 79.9. The summed E-state index contributed by atoms with van der Waals surface area (Å²) in [5.41, 5.74) is 2.00. The average molecular weight is 294 g/mol. The van der Waals surface area contributed by atoms with Gasteiger partial charge in [0.2, 0.25) is 5.95 Å². The number of benzene rings is 1. The van der Waals surface area contributed by atoms with Crippen LogP contribution in [0.5, 0.6) is 5.75 Å². The molecule has 2 aromatic rings. The number of halogens is 1. The van der Waals surface area contributed by atoms with Crippen LogP contribution in [0, 0.1) is 6.92 Å². The van der Waals surface area contributed by atoms with Crippen LogP contribution in [0.3, 0.4) is 0 Å². The van der Waals surface area contributed by atoms with E-state index in [-0.39, 0.29) is 0 Å². The molecule has 2 rings (SSSR count). The second-order valence-electron chi connectivity index (χ2n) is 3.55. The summed E-state index contributed by atoms with van der Waals surface area (Å²) in [6.45, 7) is 2.02. The standard InChI is InChI=1S/C12H12BrN3O/c1-8-3-4-11(17-2)10(5-8)16-12-14-6-9(13)7-15-12/h3-7H,1-2H3,(H,14,15,16). The number of hydrogen-bond acceptors (Lipinski definition) is 4. The molecule has 0 aliphatic rings. The van der Waals surface area contributed by atoms with E-state index in [2.05, 4.69) is 31.2 Å². The van der Waals surface area contributed by atoms with Crippen LogP contribution in [-0.2, 0) is 0 Å². The molecule has 0 amide bonds. The van der Waals surface area contributed by atoms with E-state index in [1.54, 1.807) is 19.5 Å². The number of nitrogens with one attached hydrogen (secondary N) is 1. The van der Waals surface area contributed by atoms with E-state index in [1.807, 2.05) is 25.1 Å². The lowest BCUT2D eigenvalue weighted by molar-refractivity contribution is 0.416. The summed E-state index contributed by atoms with van der Waals surface area (Å²) in [5, 5.41) is 3.12. The monoisotopic (exact) mass is 293 g/mol. The minimum Gasteiger partial charge on any atom is -0.495 e. The minimum atomic E-state index is 0.539. The molecule has 1 aromatic heterocycles. The maximum Gasteiger partial charge on any atom is 0.227 e. The molecule has 0 saturated heterocycles. The van der Waals surface area contributed by atoms with Gasteiger partial charge in [0.25, 0.3) is 0 Å². The summed E-state index contributed by atoms with van der Waals surface area (Å²) in [4.78, 5) is 8.31. The Hall–Kier alpha value is -1.62. The second-order valence-corrected chi connectivity index (χ2v) is 4.47. The molecule has 0 bridgehead atoms. The molecule has 0 unspecified atom stereocenters. The van der Waals surface area contributed by atoms with Crippen LogP contribution in [-0.4, -0.2) is 17.1 Å². The van der Waals surface area contributed by atoms with Crippen molar-refractivity contribution in [3.63, 3.8) is 0 Å². The molecule has 0 aliphatic heterocycles. The average Bonchev–Trinajstić information content (AvgIpc) is 2.32. The summed E-state index contributed by atoms with van der Waals surface area (Å²) >= 11 is 3.29. The molecule has 0 radical (unpaired) electrons. The van der Waals surface area contributed by atoms with Crippen molar-refractivity contribution in [2.24, 2.45) is 0 Å². The number of aromatic nitrogens is 2. The fourth-order valence-corrected chi connectivity index (χ4v) is 1.62. The van der Waals surface area contributed by atoms with E-state index < -0.39 is 0 Å². The van der Waals surface area contributed by atoms with Crippen molar-refractivity contribution in [3.05, 3.63) is 40.6 Å². The Kier molecular flexibility index (Phi) is 3.58. The first-order chi connectivity index (χ1) is 8.19. The van der Waals surface area contributed by atoms with Gasteiger partial charge in [-0.15, -0.1) is 0 Å². The fourth-order valence-electron chi connectivity index (χ4n) is 1.42. The molecule has 17 heavy (non-hydrogen) atoms. The maximum atomic E-state index is 5.27. The minimum absolute atomic E-state index is 0.539. The van der Waals surface area contributed by atoms with Crippen LogP contribution in [0.1, 0.15) is 5.56 Å². The van der Waals surface area contributed by atoms with Gasteiger partial charge < -0.3 is 10.1 Å². The fraction of sp³-hybridized carbons (Fsp3) is 0.167. The van der Waals surface area contributed by atoms with Gasteiger partial charge in [-0.1, -0.05) is 6.07 Å². The Bertz CT molecular complexity index is 514. The molecular weight excluding hydrogens is 282 g/mol. The largest absolute Gasteiger partial charge is 0.495 e. The highest BCUT2D eigenvalue weighted by Gasteiger charge is 2.04. The molecule has 0 saturated carbocycles. The second kappa shape index (κ2) is 5.14. The Labute approximate surface area is 108 Å². The summed E-state index contributed by atoms with van der Waals surface area (Å²) in [5.74, 6) is 1.30. The van der Waals surface area contributed by atoms with Crippen molar-refractivity contribution >= 4 is 27.6 Å². The van der Waals surface area contributed by atoms with Crippen molar-refractivity contribution in [3.8, 4) is 5.75 Å². The van der Waals surface area contributed by atoms with Gasteiger partial charge in [-0.25, -0.2) is 9.97 Å². The summed E-state index contributed by atoms with van der Waals surface area (Å²) in [7, 11) is 1.64. The molecular formula is C12H12BrN3O. The molecule has 0 spiro atoms. The smallest absolute Gasteiger partial charge is 0.227 e. The number of hydrogen-bond donors (Lipinski definition) is 1. The van der Waals surface area contributed by atoms with Crippen molar-refractivity contribution < 1.29 is 4.74 Å². The first kappa shape index (κ1) is 11.9. The number of methoxy groups -OCH3 is 1. The third-order valence-corrected chi connectivity index (χ3v) is 2.63. The van der Waals surface area contributed by atoms with E-state index in [9.17, 15) is 0 Å². The third kappa shape index (κ3) is 2.94. The quantitative estimate of drug-likeness (QED) is 0.943. The Morgan fingerprint density at radius 1 is 1.24 bits per heavy atom. The molecule has 5 heteroatoms. The Balaban J connectivity index is 2.28. The Morgan fingerprint density at radius 2 is 1.94 bits per heavy atom. The van der Waals surface area contributed by atoms with Gasteiger partial charge in [0, 0.05) is 12.4 Å². The lowest BCUT2D eigenvalue weighted by atomic mass is 10.2. The van der Waals surface area contributed by atoms with Gasteiger partial charge in [-0.05, 0) is 40.5 Å². The van der Waals surface area contributed by atoms with Crippen LogP contribution in [0.4, 0.5) is 11.6 Å². The van der Waals surface area contributed by atoms with Crippen LogP contribution < -0.4 is 10.1 Å². The molecule has 0 aliphatic carbocycles. The predicted octanol–water partition coefficient (Wildman–Crippen LogP) is 3.30. The van der Waals surface area contributed by atoms with Gasteiger partial charge in [0.15, 0.2) is 0 Å². The van der Waals surface area contributed by atoms with E-state index in [4.69, 9.17) is 4.74 Å². The maximum absolute atomic E-state index is 5.27. The van der Waals surface area contributed by atoms with Crippen molar-refractivity contribution in [2.45, 2.75) is 6.92 Å². The van der Waals surface area contributed by atoms with Crippen molar-refractivity contribution in [2.75, 3.05) is 12.4 Å². The van der Waals surface area contributed by atoms with E-state index >= 15 is 0 Å². The summed E-state index contributed by atoms with van der Waals surface area (Å²) in [6, 6.07) is 5.90. The normalized spacial score (nSPS) is 10.1. The lowest BCUT2D eigenvalue weighted by Gasteiger charge is -2.10. The SMILES string of the molecule is COc1ccc(C)cc1Nc1ncc(Br)cn1. The molecule has 88 valence electrons. The molecule has 0 fully saturated rings. The first-order valence-corrected chi connectivity index (χ1v) is 5.87. The zero-order chi connectivity index (χ0) is 12.3.